The first-order valence-electron chi connectivity index (χ1n) is 7.97. The van der Waals surface area contributed by atoms with Crippen LogP contribution in [0.2, 0.25) is 0 Å². The van der Waals surface area contributed by atoms with Crippen LogP contribution in [0.5, 0.6) is 0 Å². The van der Waals surface area contributed by atoms with Gasteiger partial charge in [0, 0.05) is 18.7 Å². The quantitative estimate of drug-likeness (QED) is 0.758. The van der Waals surface area contributed by atoms with Crippen molar-refractivity contribution in [2.24, 2.45) is 0 Å². The highest BCUT2D eigenvalue weighted by Crippen LogP contribution is 2.29. The summed E-state index contributed by atoms with van der Waals surface area (Å²) < 4.78 is 39.6. The van der Waals surface area contributed by atoms with Crippen LogP contribution in [-0.2, 0) is 10.2 Å². The maximum Gasteiger partial charge on any atom is 0.226 e. The number of amides is 1. The van der Waals surface area contributed by atoms with Gasteiger partial charge in [-0.05, 0) is 29.2 Å². The molecule has 1 amide bonds. The number of carbonyl (C=O) groups excluding carboxylic acids is 1. The van der Waals surface area contributed by atoms with Crippen molar-refractivity contribution in [2.45, 2.75) is 32.6 Å². The normalized spacial score (nSPS) is 11.3. The van der Waals surface area contributed by atoms with E-state index in [0.717, 1.165) is 23.4 Å². The Morgan fingerprint density at radius 1 is 0.960 bits per heavy atom. The maximum absolute atomic E-state index is 13.5. The van der Waals surface area contributed by atoms with Crippen molar-refractivity contribution in [1.82, 2.24) is 0 Å². The number of halogens is 3. The van der Waals surface area contributed by atoms with Crippen LogP contribution in [0.3, 0.4) is 0 Å². The third kappa shape index (κ3) is 4.75. The molecule has 0 aliphatic heterocycles. The molecule has 2 rings (SSSR count). The molecule has 0 spiro atoms. The predicted molar refractivity (Wildman–Crippen MR) is 93.2 cm³/mol. The summed E-state index contributed by atoms with van der Waals surface area (Å²) in [6.45, 7) is 6.23. The summed E-state index contributed by atoms with van der Waals surface area (Å²) in [4.78, 5) is 12.1. The standard InChI is InChI=1S/C19H21F3N2O/c1-19(2,3)12-6-4-5-7-14(12)24-16(25)10-11-23-15-9-8-13(20)17(21)18(15)22/h4-9,23H,10-11H2,1-3H3,(H,24,25). The molecule has 0 atom stereocenters. The van der Waals surface area contributed by atoms with Crippen molar-refractivity contribution in [1.29, 1.82) is 0 Å². The van der Waals surface area contributed by atoms with E-state index in [1.165, 1.54) is 0 Å². The van der Waals surface area contributed by atoms with E-state index in [-0.39, 0.29) is 30.0 Å². The van der Waals surface area contributed by atoms with Crippen LogP contribution >= 0.6 is 0 Å². The zero-order chi connectivity index (χ0) is 18.6. The molecule has 3 nitrogen and oxygen atoms in total. The van der Waals surface area contributed by atoms with Crippen molar-refractivity contribution in [2.75, 3.05) is 17.2 Å². The first-order chi connectivity index (χ1) is 11.7. The Morgan fingerprint density at radius 3 is 2.32 bits per heavy atom. The minimum Gasteiger partial charge on any atom is -0.382 e. The number of rotatable bonds is 5. The Labute approximate surface area is 145 Å². The second-order valence-electron chi connectivity index (χ2n) is 6.74. The van der Waals surface area contributed by atoms with Gasteiger partial charge in [0.2, 0.25) is 5.91 Å². The lowest BCUT2D eigenvalue weighted by atomic mass is 9.86. The molecule has 0 aromatic heterocycles. The summed E-state index contributed by atoms with van der Waals surface area (Å²) in [5, 5.41) is 5.43. The highest BCUT2D eigenvalue weighted by atomic mass is 19.2. The Hall–Kier alpha value is -2.50. The monoisotopic (exact) mass is 350 g/mol. The van der Waals surface area contributed by atoms with Crippen LogP contribution in [0.1, 0.15) is 32.8 Å². The van der Waals surface area contributed by atoms with Crippen molar-refractivity contribution < 1.29 is 18.0 Å². The highest BCUT2D eigenvalue weighted by Gasteiger charge is 2.18. The number of hydrogen-bond acceptors (Lipinski definition) is 2. The van der Waals surface area contributed by atoms with Crippen molar-refractivity contribution >= 4 is 17.3 Å². The third-order valence-corrected chi connectivity index (χ3v) is 3.71. The number of carbonyl (C=O) groups is 1. The van der Waals surface area contributed by atoms with Crippen molar-refractivity contribution in [3.63, 3.8) is 0 Å². The summed E-state index contributed by atoms with van der Waals surface area (Å²) in [6.07, 6.45) is 0.0525. The SMILES string of the molecule is CC(C)(C)c1ccccc1NC(=O)CCNc1ccc(F)c(F)c1F. The smallest absolute Gasteiger partial charge is 0.226 e. The van der Waals surface area contributed by atoms with Crippen LogP contribution in [-0.4, -0.2) is 12.5 Å². The van der Waals surface area contributed by atoms with Crippen LogP contribution in [0.4, 0.5) is 24.5 Å². The molecule has 6 heteroatoms. The molecule has 134 valence electrons. The van der Waals surface area contributed by atoms with Gasteiger partial charge in [0.1, 0.15) is 0 Å². The lowest BCUT2D eigenvalue weighted by Gasteiger charge is -2.23. The van der Waals surface area contributed by atoms with Gasteiger partial charge in [-0.2, -0.15) is 0 Å². The fourth-order valence-electron chi connectivity index (χ4n) is 2.43. The van der Waals surface area contributed by atoms with Gasteiger partial charge in [-0.3, -0.25) is 4.79 Å². The Bertz CT molecular complexity index is 770. The average Bonchev–Trinajstić information content (AvgIpc) is 2.54. The fraction of sp³-hybridized carbons (Fsp3) is 0.316. The molecule has 2 N–H and O–H groups in total. The van der Waals surface area contributed by atoms with Crippen LogP contribution in [0.25, 0.3) is 0 Å². The second kappa shape index (κ2) is 7.59. The molecule has 0 saturated heterocycles. The van der Waals surface area contributed by atoms with Crippen LogP contribution in [0, 0.1) is 17.5 Å². The van der Waals surface area contributed by atoms with E-state index in [0.29, 0.717) is 0 Å². The van der Waals surface area contributed by atoms with E-state index in [9.17, 15) is 18.0 Å². The predicted octanol–water partition coefficient (Wildman–Crippen LogP) is 4.84. The lowest BCUT2D eigenvalue weighted by molar-refractivity contribution is -0.115. The molecule has 0 aliphatic rings. The molecule has 0 unspecified atom stereocenters. The maximum atomic E-state index is 13.5. The molecule has 0 heterocycles. The Kier molecular flexibility index (Phi) is 5.72. The molecule has 2 aromatic rings. The van der Waals surface area contributed by atoms with E-state index < -0.39 is 17.5 Å². The molecular formula is C19H21F3N2O. The fourth-order valence-corrected chi connectivity index (χ4v) is 2.43. The van der Waals surface area contributed by atoms with Crippen molar-refractivity contribution in [3.05, 3.63) is 59.4 Å². The number of benzene rings is 2. The number of hydrogen-bond donors (Lipinski definition) is 2. The molecule has 0 aliphatic carbocycles. The van der Waals surface area contributed by atoms with E-state index in [1.54, 1.807) is 0 Å². The van der Waals surface area contributed by atoms with Gasteiger partial charge in [0.15, 0.2) is 17.5 Å². The minimum absolute atomic E-state index is 0.0525. The van der Waals surface area contributed by atoms with E-state index >= 15 is 0 Å². The van der Waals surface area contributed by atoms with Crippen molar-refractivity contribution in [3.8, 4) is 0 Å². The summed E-state index contributed by atoms with van der Waals surface area (Å²) in [6, 6.07) is 9.44. The van der Waals surface area contributed by atoms with Gasteiger partial charge in [-0.25, -0.2) is 13.2 Å². The first-order valence-corrected chi connectivity index (χ1v) is 7.97. The number of nitrogens with one attached hydrogen (secondary N) is 2. The third-order valence-electron chi connectivity index (χ3n) is 3.71. The summed E-state index contributed by atoms with van der Waals surface area (Å²) in [5.74, 6) is -4.33. The zero-order valence-electron chi connectivity index (χ0n) is 14.4. The minimum atomic E-state index is -1.53. The highest BCUT2D eigenvalue weighted by molar-refractivity contribution is 5.92. The molecular weight excluding hydrogens is 329 g/mol. The Morgan fingerprint density at radius 2 is 1.64 bits per heavy atom. The van der Waals surface area contributed by atoms with Gasteiger partial charge >= 0.3 is 0 Å². The zero-order valence-corrected chi connectivity index (χ0v) is 14.4. The van der Waals surface area contributed by atoms with Gasteiger partial charge in [0.25, 0.3) is 0 Å². The molecule has 0 radical (unpaired) electrons. The summed E-state index contributed by atoms with van der Waals surface area (Å²) >= 11 is 0. The van der Waals surface area contributed by atoms with E-state index in [2.05, 4.69) is 10.6 Å². The Balaban J connectivity index is 1.96. The summed E-state index contributed by atoms with van der Waals surface area (Å²) in [7, 11) is 0. The van der Waals surface area contributed by atoms with Gasteiger partial charge < -0.3 is 10.6 Å². The lowest BCUT2D eigenvalue weighted by Crippen LogP contribution is -2.20. The van der Waals surface area contributed by atoms with Crippen LogP contribution in [0.15, 0.2) is 36.4 Å². The topological polar surface area (TPSA) is 41.1 Å². The molecule has 0 fully saturated rings. The molecule has 25 heavy (non-hydrogen) atoms. The van der Waals surface area contributed by atoms with E-state index in [1.807, 2.05) is 45.0 Å². The number of para-hydroxylation sites is 1. The van der Waals surface area contributed by atoms with Gasteiger partial charge in [0.05, 0.1) is 5.69 Å². The first kappa shape index (κ1) is 18.8. The van der Waals surface area contributed by atoms with E-state index in [4.69, 9.17) is 0 Å². The van der Waals surface area contributed by atoms with Gasteiger partial charge in [-0.1, -0.05) is 39.0 Å². The molecule has 2 aromatic carbocycles. The second-order valence-corrected chi connectivity index (χ2v) is 6.74. The number of anilines is 2. The van der Waals surface area contributed by atoms with Gasteiger partial charge in [-0.15, -0.1) is 0 Å². The molecule has 0 bridgehead atoms. The summed E-state index contributed by atoms with van der Waals surface area (Å²) in [5.41, 5.74) is 1.42. The van der Waals surface area contributed by atoms with Crippen LogP contribution < -0.4 is 10.6 Å². The average molecular weight is 350 g/mol. The molecule has 0 saturated carbocycles. The largest absolute Gasteiger partial charge is 0.382 e.